The molecule has 1 N–H and O–H groups in total. The van der Waals surface area contributed by atoms with E-state index >= 15 is 0 Å². The van der Waals surface area contributed by atoms with Crippen LogP contribution in [0.4, 0.5) is 0 Å². The predicted octanol–water partition coefficient (Wildman–Crippen LogP) is 2.67. The standard InChI is InChI=1S/C13H16O2/c1-8-4-5-11(6-9(8)2)13(12(14)15)7-10(13)3/h4-6,10H,7H2,1-3H3,(H,14,15). The summed E-state index contributed by atoms with van der Waals surface area (Å²) in [4.78, 5) is 11.3. The lowest BCUT2D eigenvalue weighted by Crippen LogP contribution is -2.22. The molecule has 2 nitrogen and oxygen atoms in total. The van der Waals surface area contributed by atoms with Crippen LogP contribution >= 0.6 is 0 Å². The highest BCUT2D eigenvalue weighted by Crippen LogP contribution is 2.54. The van der Waals surface area contributed by atoms with Crippen molar-refractivity contribution < 1.29 is 9.90 Å². The van der Waals surface area contributed by atoms with Gasteiger partial charge in [0.25, 0.3) is 0 Å². The zero-order valence-electron chi connectivity index (χ0n) is 9.37. The monoisotopic (exact) mass is 204 g/mol. The van der Waals surface area contributed by atoms with Crippen LogP contribution in [0.15, 0.2) is 18.2 Å². The van der Waals surface area contributed by atoms with E-state index in [1.54, 1.807) is 0 Å². The highest BCUT2D eigenvalue weighted by Gasteiger charge is 2.58. The van der Waals surface area contributed by atoms with Crippen LogP contribution < -0.4 is 0 Å². The van der Waals surface area contributed by atoms with Crippen LogP contribution in [-0.2, 0) is 10.2 Å². The molecule has 2 heteroatoms. The topological polar surface area (TPSA) is 37.3 Å². The van der Waals surface area contributed by atoms with Crippen LogP contribution in [0.25, 0.3) is 0 Å². The molecule has 0 aliphatic heterocycles. The van der Waals surface area contributed by atoms with Crippen LogP contribution in [0, 0.1) is 19.8 Å². The van der Waals surface area contributed by atoms with Gasteiger partial charge >= 0.3 is 5.97 Å². The second-order valence-electron chi connectivity index (χ2n) is 4.68. The number of aryl methyl sites for hydroxylation is 2. The first-order valence-electron chi connectivity index (χ1n) is 5.29. The second-order valence-corrected chi connectivity index (χ2v) is 4.68. The summed E-state index contributed by atoms with van der Waals surface area (Å²) in [5, 5.41) is 9.29. The van der Waals surface area contributed by atoms with Gasteiger partial charge in [0.2, 0.25) is 0 Å². The number of rotatable bonds is 2. The molecular weight excluding hydrogens is 188 g/mol. The fourth-order valence-electron chi connectivity index (χ4n) is 2.27. The Kier molecular flexibility index (Phi) is 2.10. The van der Waals surface area contributed by atoms with E-state index in [1.807, 2.05) is 39.0 Å². The van der Waals surface area contributed by atoms with E-state index in [-0.39, 0.29) is 5.92 Å². The van der Waals surface area contributed by atoms with Gasteiger partial charge in [-0.2, -0.15) is 0 Å². The van der Waals surface area contributed by atoms with Gasteiger partial charge in [0.05, 0.1) is 5.41 Å². The molecule has 1 aliphatic carbocycles. The maximum absolute atomic E-state index is 11.3. The highest BCUT2D eigenvalue weighted by molar-refractivity contribution is 5.85. The third-order valence-corrected chi connectivity index (χ3v) is 3.71. The molecule has 0 heterocycles. The third-order valence-electron chi connectivity index (χ3n) is 3.71. The highest BCUT2D eigenvalue weighted by atomic mass is 16.4. The molecule has 1 saturated carbocycles. The summed E-state index contributed by atoms with van der Waals surface area (Å²) in [5.74, 6) is -0.421. The first-order valence-corrected chi connectivity index (χ1v) is 5.29. The van der Waals surface area contributed by atoms with Crippen LogP contribution in [0.3, 0.4) is 0 Å². The summed E-state index contributed by atoms with van der Waals surface area (Å²) in [7, 11) is 0. The Balaban J connectivity index is 2.46. The normalized spacial score (nSPS) is 28.9. The quantitative estimate of drug-likeness (QED) is 0.804. The number of hydrogen-bond donors (Lipinski definition) is 1. The van der Waals surface area contributed by atoms with Gasteiger partial charge in [-0.25, -0.2) is 0 Å². The van der Waals surface area contributed by atoms with E-state index in [0.717, 1.165) is 12.0 Å². The molecule has 1 fully saturated rings. The summed E-state index contributed by atoms with van der Waals surface area (Å²) >= 11 is 0. The second kappa shape index (κ2) is 3.09. The molecule has 80 valence electrons. The van der Waals surface area contributed by atoms with E-state index < -0.39 is 11.4 Å². The lowest BCUT2D eigenvalue weighted by atomic mass is 9.91. The molecule has 0 spiro atoms. The average molecular weight is 204 g/mol. The number of carboxylic acids is 1. The SMILES string of the molecule is Cc1ccc(C2(C(=O)O)CC2C)cc1C. The summed E-state index contributed by atoms with van der Waals surface area (Å²) in [5.41, 5.74) is 2.75. The Morgan fingerprint density at radius 1 is 1.40 bits per heavy atom. The maximum Gasteiger partial charge on any atom is 0.314 e. The smallest absolute Gasteiger partial charge is 0.314 e. The number of benzene rings is 1. The largest absolute Gasteiger partial charge is 0.481 e. The summed E-state index contributed by atoms with van der Waals surface area (Å²) in [6.45, 7) is 6.08. The zero-order chi connectivity index (χ0) is 11.2. The summed E-state index contributed by atoms with van der Waals surface area (Å²) < 4.78 is 0. The van der Waals surface area contributed by atoms with Gasteiger partial charge in [-0.1, -0.05) is 25.1 Å². The van der Waals surface area contributed by atoms with Crippen molar-refractivity contribution in [1.82, 2.24) is 0 Å². The van der Waals surface area contributed by atoms with Crippen LogP contribution in [0.2, 0.25) is 0 Å². The van der Waals surface area contributed by atoms with Gasteiger partial charge < -0.3 is 5.11 Å². The van der Waals surface area contributed by atoms with Crippen molar-refractivity contribution in [2.24, 2.45) is 5.92 Å². The molecule has 1 aromatic rings. The van der Waals surface area contributed by atoms with Crippen molar-refractivity contribution >= 4 is 5.97 Å². The number of carboxylic acid groups (broad SMARTS) is 1. The van der Waals surface area contributed by atoms with Gasteiger partial charge in [0.1, 0.15) is 0 Å². The fourth-order valence-corrected chi connectivity index (χ4v) is 2.27. The van der Waals surface area contributed by atoms with Gasteiger partial charge in [-0.3, -0.25) is 4.79 Å². The summed E-state index contributed by atoms with van der Waals surface area (Å²) in [6, 6.07) is 5.99. The molecule has 1 aromatic carbocycles. The molecular formula is C13H16O2. The maximum atomic E-state index is 11.3. The minimum absolute atomic E-state index is 0.261. The van der Waals surface area contributed by atoms with Crippen molar-refractivity contribution in [2.45, 2.75) is 32.6 Å². The van der Waals surface area contributed by atoms with Gasteiger partial charge in [0.15, 0.2) is 0 Å². The minimum atomic E-state index is -0.682. The van der Waals surface area contributed by atoms with E-state index in [9.17, 15) is 9.90 Å². The zero-order valence-corrected chi connectivity index (χ0v) is 9.37. The van der Waals surface area contributed by atoms with E-state index in [4.69, 9.17) is 0 Å². The minimum Gasteiger partial charge on any atom is -0.481 e. The molecule has 0 aromatic heterocycles. The lowest BCUT2D eigenvalue weighted by Gasteiger charge is -2.13. The van der Waals surface area contributed by atoms with Gasteiger partial charge in [-0.05, 0) is 42.9 Å². The first-order chi connectivity index (χ1) is 6.98. The van der Waals surface area contributed by atoms with Crippen LogP contribution in [0.5, 0.6) is 0 Å². The Labute approximate surface area is 89.9 Å². The molecule has 2 unspecified atom stereocenters. The molecule has 0 radical (unpaired) electrons. The van der Waals surface area contributed by atoms with Gasteiger partial charge in [0, 0.05) is 0 Å². The molecule has 0 bridgehead atoms. The Morgan fingerprint density at radius 3 is 2.40 bits per heavy atom. The van der Waals surface area contributed by atoms with Crippen molar-refractivity contribution in [1.29, 1.82) is 0 Å². The van der Waals surface area contributed by atoms with E-state index in [2.05, 4.69) is 0 Å². The number of aliphatic carboxylic acids is 1. The summed E-state index contributed by atoms with van der Waals surface area (Å²) in [6.07, 6.45) is 0.769. The van der Waals surface area contributed by atoms with Crippen molar-refractivity contribution in [2.75, 3.05) is 0 Å². The van der Waals surface area contributed by atoms with Crippen LogP contribution in [0.1, 0.15) is 30.0 Å². The molecule has 1 aliphatic rings. The van der Waals surface area contributed by atoms with Gasteiger partial charge in [-0.15, -0.1) is 0 Å². The molecule has 2 rings (SSSR count). The van der Waals surface area contributed by atoms with Crippen LogP contribution in [-0.4, -0.2) is 11.1 Å². The number of hydrogen-bond acceptors (Lipinski definition) is 1. The molecule has 0 saturated heterocycles. The molecule has 0 amide bonds. The Morgan fingerprint density at radius 2 is 2.00 bits per heavy atom. The third kappa shape index (κ3) is 1.36. The average Bonchev–Trinajstić information content (AvgIpc) is 2.84. The fraction of sp³-hybridized carbons (Fsp3) is 0.462. The Hall–Kier alpha value is -1.31. The molecule has 15 heavy (non-hydrogen) atoms. The van der Waals surface area contributed by atoms with Crippen molar-refractivity contribution in [3.63, 3.8) is 0 Å². The van der Waals surface area contributed by atoms with Crippen molar-refractivity contribution in [3.05, 3.63) is 34.9 Å². The lowest BCUT2D eigenvalue weighted by molar-refractivity contribution is -0.140. The predicted molar refractivity (Wildman–Crippen MR) is 59.0 cm³/mol. The number of carbonyl (C=O) groups is 1. The van der Waals surface area contributed by atoms with Crippen molar-refractivity contribution in [3.8, 4) is 0 Å². The van der Waals surface area contributed by atoms with E-state index in [0.29, 0.717) is 0 Å². The first kappa shape index (κ1) is 10.2. The molecule has 2 atom stereocenters. The van der Waals surface area contributed by atoms with E-state index in [1.165, 1.54) is 11.1 Å². The Bertz CT molecular complexity index is 423.